The highest BCUT2D eigenvalue weighted by atomic mass is 16.2. The number of piperidine rings is 1. The van der Waals surface area contributed by atoms with E-state index in [1.165, 1.54) is 19.3 Å². The number of hydrogen-bond acceptors (Lipinski definition) is 3. The number of nitrogens with zero attached hydrogens (tertiary/aromatic N) is 1. The summed E-state index contributed by atoms with van der Waals surface area (Å²) in [6.07, 6.45) is 5.91. The van der Waals surface area contributed by atoms with Gasteiger partial charge in [0.05, 0.1) is 5.92 Å². The number of nitrogens with one attached hydrogen (secondary N) is 1. The van der Waals surface area contributed by atoms with Crippen LogP contribution in [0.2, 0.25) is 0 Å². The van der Waals surface area contributed by atoms with Gasteiger partial charge in [0.1, 0.15) is 0 Å². The van der Waals surface area contributed by atoms with Crippen LogP contribution in [0.1, 0.15) is 32.1 Å². The van der Waals surface area contributed by atoms with Gasteiger partial charge in [-0.2, -0.15) is 0 Å². The van der Waals surface area contributed by atoms with Crippen LogP contribution < -0.4 is 11.1 Å². The van der Waals surface area contributed by atoms with Crippen LogP contribution in [0.4, 0.5) is 0 Å². The van der Waals surface area contributed by atoms with Crippen LogP contribution in [-0.2, 0) is 9.59 Å². The summed E-state index contributed by atoms with van der Waals surface area (Å²) >= 11 is 0. The van der Waals surface area contributed by atoms with Gasteiger partial charge >= 0.3 is 0 Å². The average molecular weight is 305 g/mol. The molecule has 1 saturated heterocycles. The molecule has 5 nitrogen and oxygen atoms in total. The first-order valence-corrected chi connectivity index (χ1v) is 8.97. The van der Waals surface area contributed by atoms with E-state index in [1.54, 1.807) is 0 Å². The Balaban J connectivity index is 1.35. The van der Waals surface area contributed by atoms with Gasteiger partial charge in [-0.15, -0.1) is 0 Å². The molecule has 0 spiro atoms. The third-order valence-corrected chi connectivity index (χ3v) is 6.57. The molecule has 5 unspecified atom stereocenters. The maximum absolute atomic E-state index is 12.8. The lowest BCUT2D eigenvalue weighted by Gasteiger charge is -2.32. The summed E-state index contributed by atoms with van der Waals surface area (Å²) in [5.74, 6) is 3.73. The van der Waals surface area contributed by atoms with E-state index in [0.717, 1.165) is 31.2 Å². The number of nitrogens with two attached hydrogens (primary N) is 1. The molecule has 122 valence electrons. The fraction of sp³-hybridized carbons (Fsp3) is 0.882. The van der Waals surface area contributed by atoms with Crippen LogP contribution in [0.15, 0.2) is 0 Å². The summed E-state index contributed by atoms with van der Waals surface area (Å²) < 4.78 is 0. The number of amides is 2. The monoisotopic (exact) mass is 305 g/mol. The summed E-state index contributed by atoms with van der Waals surface area (Å²) in [7, 11) is 0. The van der Waals surface area contributed by atoms with Crippen molar-refractivity contribution in [3.05, 3.63) is 0 Å². The van der Waals surface area contributed by atoms with Crippen molar-refractivity contribution in [3.63, 3.8) is 0 Å². The maximum atomic E-state index is 12.8. The van der Waals surface area contributed by atoms with Crippen molar-refractivity contribution in [2.45, 2.75) is 32.1 Å². The molecule has 2 amide bonds. The molecule has 1 heterocycles. The standard InChI is InChI=1S/C17H27N3O2/c18-5-6-19-16(21)12-2-1-7-20(9-12)17(22)15-13-10-3-4-11(8-10)14(13)15/h10-15H,1-9,18H2,(H,19,21). The second-order valence-corrected chi connectivity index (χ2v) is 7.72. The van der Waals surface area contributed by atoms with Gasteiger partial charge in [0.2, 0.25) is 11.8 Å². The maximum Gasteiger partial charge on any atom is 0.226 e. The number of hydrogen-bond donors (Lipinski definition) is 2. The Morgan fingerprint density at radius 3 is 2.55 bits per heavy atom. The van der Waals surface area contributed by atoms with E-state index in [4.69, 9.17) is 5.73 Å². The molecule has 2 bridgehead atoms. The predicted octanol–water partition coefficient (Wildman–Crippen LogP) is 0.592. The Kier molecular flexibility index (Phi) is 3.63. The Hall–Kier alpha value is -1.10. The largest absolute Gasteiger partial charge is 0.355 e. The van der Waals surface area contributed by atoms with Crippen LogP contribution in [-0.4, -0.2) is 42.9 Å². The highest BCUT2D eigenvalue weighted by Crippen LogP contribution is 2.69. The first kappa shape index (κ1) is 14.5. The quantitative estimate of drug-likeness (QED) is 0.798. The molecule has 1 aliphatic heterocycles. The van der Waals surface area contributed by atoms with Gasteiger partial charge in [0.15, 0.2) is 0 Å². The molecule has 4 aliphatic rings. The average Bonchev–Trinajstić information content (AvgIpc) is 2.98. The zero-order chi connectivity index (χ0) is 15.3. The second kappa shape index (κ2) is 5.52. The summed E-state index contributed by atoms with van der Waals surface area (Å²) in [4.78, 5) is 27.0. The lowest BCUT2D eigenvalue weighted by Crippen LogP contribution is -2.47. The van der Waals surface area contributed by atoms with E-state index in [-0.39, 0.29) is 11.8 Å². The SMILES string of the molecule is NCCNC(=O)C1CCCN(C(=O)C2C3C4CCC(C4)C23)C1. The molecule has 0 radical (unpaired) electrons. The molecular formula is C17H27N3O2. The van der Waals surface area contributed by atoms with Crippen molar-refractivity contribution in [2.24, 2.45) is 41.2 Å². The predicted molar refractivity (Wildman–Crippen MR) is 82.7 cm³/mol. The van der Waals surface area contributed by atoms with Crippen molar-refractivity contribution >= 4 is 11.8 Å². The van der Waals surface area contributed by atoms with E-state index < -0.39 is 0 Å². The Morgan fingerprint density at radius 2 is 1.86 bits per heavy atom. The van der Waals surface area contributed by atoms with E-state index in [0.29, 0.717) is 43.3 Å². The molecular weight excluding hydrogens is 278 g/mol. The van der Waals surface area contributed by atoms with E-state index in [1.807, 2.05) is 4.90 Å². The topological polar surface area (TPSA) is 75.4 Å². The van der Waals surface area contributed by atoms with Gasteiger partial charge < -0.3 is 16.0 Å². The van der Waals surface area contributed by atoms with Crippen molar-refractivity contribution in [2.75, 3.05) is 26.2 Å². The first-order valence-electron chi connectivity index (χ1n) is 8.97. The molecule has 3 N–H and O–H groups in total. The van der Waals surface area contributed by atoms with Crippen molar-refractivity contribution in [1.29, 1.82) is 0 Å². The molecule has 0 aromatic carbocycles. The lowest BCUT2D eigenvalue weighted by molar-refractivity contribution is -0.137. The molecule has 0 aromatic rings. The minimum Gasteiger partial charge on any atom is -0.355 e. The number of carbonyl (C=O) groups is 2. The molecule has 5 atom stereocenters. The van der Waals surface area contributed by atoms with Gasteiger partial charge in [-0.25, -0.2) is 0 Å². The van der Waals surface area contributed by atoms with Crippen LogP contribution in [0.3, 0.4) is 0 Å². The van der Waals surface area contributed by atoms with Crippen LogP contribution in [0, 0.1) is 35.5 Å². The highest BCUT2D eigenvalue weighted by Gasteiger charge is 2.68. The van der Waals surface area contributed by atoms with Gasteiger partial charge in [0, 0.05) is 32.1 Å². The molecule has 5 heteroatoms. The number of rotatable bonds is 4. The zero-order valence-electron chi connectivity index (χ0n) is 13.2. The zero-order valence-corrected chi connectivity index (χ0v) is 13.2. The van der Waals surface area contributed by atoms with Gasteiger partial charge in [-0.3, -0.25) is 9.59 Å². The third kappa shape index (κ3) is 2.25. The van der Waals surface area contributed by atoms with Crippen LogP contribution >= 0.6 is 0 Å². The Bertz CT molecular complexity index is 465. The third-order valence-electron chi connectivity index (χ3n) is 6.57. The van der Waals surface area contributed by atoms with E-state index in [9.17, 15) is 9.59 Å². The second-order valence-electron chi connectivity index (χ2n) is 7.72. The van der Waals surface area contributed by atoms with Crippen molar-refractivity contribution < 1.29 is 9.59 Å². The fourth-order valence-corrected chi connectivity index (χ4v) is 5.60. The smallest absolute Gasteiger partial charge is 0.226 e. The van der Waals surface area contributed by atoms with E-state index in [2.05, 4.69) is 5.32 Å². The molecule has 4 rings (SSSR count). The summed E-state index contributed by atoms with van der Waals surface area (Å²) in [6, 6.07) is 0. The molecule has 3 aliphatic carbocycles. The first-order chi connectivity index (χ1) is 10.7. The van der Waals surface area contributed by atoms with Crippen LogP contribution in [0.5, 0.6) is 0 Å². The fourth-order valence-electron chi connectivity index (χ4n) is 5.60. The summed E-state index contributed by atoms with van der Waals surface area (Å²) in [6.45, 7) is 2.44. The molecule has 3 saturated carbocycles. The lowest BCUT2D eigenvalue weighted by atomic mass is 9.95. The van der Waals surface area contributed by atoms with Crippen molar-refractivity contribution in [1.82, 2.24) is 10.2 Å². The molecule has 22 heavy (non-hydrogen) atoms. The number of likely N-dealkylation sites (tertiary alicyclic amines) is 1. The normalized spacial score (nSPS) is 42.1. The minimum atomic E-state index is -0.0421. The number of fused-ring (bicyclic) bond motifs is 5. The van der Waals surface area contributed by atoms with Gasteiger partial charge in [-0.1, -0.05) is 0 Å². The molecule has 0 aromatic heterocycles. The number of carbonyl (C=O) groups excluding carboxylic acids is 2. The minimum absolute atomic E-state index is 0.0421. The van der Waals surface area contributed by atoms with E-state index >= 15 is 0 Å². The summed E-state index contributed by atoms with van der Waals surface area (Å²) in [5, 5.41) is 2.87. The Morgan fingerprint density at radius 1 is 1.14 bits per heavy atom. The molecule has 4 fully saturated rings. The highest BCUT2D eigenvalue weighted by molar-refractivity contribution is 5.84. The van der Waals surface area contributed by atoms with Gasteiger partial charge in [0.25, 0.3) is 0 Å². The van der Waals surface area contributed by atoms with Crippen LogP contribution in [0.25, 0.3) is 0 Å². The van der Waals surface area contributed by atoms with Crippen molar-refractivity contribution in [3.8, 4) is 0 Å². The summed E-state index contributed by atoms with van der Waals surface area (Å²) in [5.41, 5.74) is 5.43. The van der Waals surface area contributed by atoms with Gasteiger partial charge in [-0.05, 0) is 55.8 Å². The Labute approximate surface area is 132 Å².